The molecule has 0 aromatic heterocycles. The average Bonchev–Trinajstić information content (AvgIpc) is 2.55. The number of anilines is 1. The highest BCUT2D eigenvalue weighted by atomic mass is 32.2. The number of nitrogens with zero attached hydrogens (tertiary/aromatic N) is 1. The highest BCUT2D eigenvalue weighted by Gasteiger charge is 2.08. The van der Waals surface area contributed by atoms with Crippen molar-refractivity contribution in [3.05, 3.63) is 66.1 Å². The van der Waals surface area contributed by atoms with Gasteiger partial charge in [-0.25, -0.2) is 0 Å². The van der Waals surface area contributed by atoms with Gasteiger partial charge in [0.15, 0.2) is 0 Å². The Hall–Kier alpha value is -2.20. The third-order valence-electron chi connectivity index (χ3n) is 2.93. The van der Waals surface area contributed by atoms with Crippen LogP contribution in [0.15, 0.2) is 71.0 Å². The molecule has 108 valence electrons. The summed E-state index contributed by atoms with van der Waals surface area (Å²) in [6.45, 7) is 0. The molecular formula is C17H17NO2S. The number of hydrogen-bond acceptors (Lipinski definition) is 3. The molecule has 2 aromatic rings. The molecule has 0 atom stereocenters. The Balaban J connectivity index is 1.99. The van der Waals surface area contributed by atoms with Crippen LogP contribution < -0.4 is 9.64 Å². The zero-order valence-electron chi connectivity index (χ0n) is 12.0. The molecule has 0 saturated carbocycles. The molecule has 0 radical (unpaired) electrons. The summed E-state index contributed by atoms with van der Waals surface area (Å²) in [6, 6.07) is 17.3. The molecule has 2 aromatic carbocycles. The van der Waals surface area contributed by atoms with Crippen LogP contribution in [0.2, 0.25) is 0 Å². The fourth-order valence-corrected chi connectivity index (χ4v) is 2.38. The summed E-state index contributed by atoms with van der Waals surface area (Å²) in [6.07, 6.45) is 1.57. The first-order valence-corrected chi connectivity index (χ1v) is 7.38. The van der Waals surface area contributed by atoms with Crippen molar-refractivity contribution in [3.8, 4) is 5.75 Å². The molecule has 1 amide bonds. The van der Waals surface area contributed by atoms with E-state index in [0.29, 0.717) is 0 Å². The van der Waals surface area contributed by atoms with Gasteiger partial charge in [-0.2, -0.15) is 0 Å². The number of amides is 1. The molecule has 21 heavy (non-hydrogen) atoms. The Bertz CT molecular complexity index is 626. The number of rotatable bonds is 5. The zero-order valence-corrected chi connectivity index (χ0v) is 12.8. The SMILES string of the molecule is COc1cccc(N(C)C(=O)/C=C\Sc2ccccc2)c1. The number of ether oxygens (including phenoxy) is 1. The second kappa shape index (κ2) is 7.55. The normalized spacial score (nSPS) is 10.6. The molecule has 0 unspecified atom stereocenters. The molecule has 0 N–H and O–H groups in total. The van der Waals surface area contributed by atoms with Crippen molar-refractivity contribution in [2.75, 3.05) is 19.1 Å². The lowest BCUT2D eigenvalue weighted by Crippen LogP contribution is -2.23. The maximum atomic E-state index is 12.1. The Labute approximate surface area is 129 Å². The number of hydrogen-bond donors (Lipinski definition) is 0. The third kappa shape index (κ3) is 4.39. The Morgan fingerprint density at radius 1 is 1.14 bits per heavy atom. The molecule has 0 aliphatic carbocycles. The number of carbonyl (C=O) groups is 1. The third-order valence-corrected chi connectivity index (χ3v) is 3.75. The van der Waals surface area contributed by atoms with Gasteiger partial charge in [0, 0.05) is 29.8 Å². The second-order valence-electron chi connectivity index (χ2n) is 4.33. The van der Waals surface area contributed by atoms with Crippen molar-refractivity contribution >= 4 is 23.4 Å². The van der Waals surface area contributed by atoms with Crippen molar-refractivity contribution in [1.82, 2.24) is 0 Å². The van der Waals surface area contributed by atoms with E-state index in [1.807, 2.05) is 54.6 Å². The van der Waals surface area contributed by atoms with Crippen molar-refractivity contribution in [3.63, 3.8) is 0 Å². The lowest BCUT2D eigenvalue weighted by atomic mass is 10.3. The summed E-state index contributed by atoms with van der Waals surface area (Å²) in [5.74, 6) is 0.654. The molecule has 0 spiro atoms. The monoisotopic (exact) mass is 299 g/mol. The number of thioether (sulfide) groups is 1. The standard InChI is InChI=1S/C17H17NO2S/c1-18(14-7-6-8-15(13-14)20-2)17(19)11-12-21-16-9-4-3-5-10-16/h3-13H,1-2H3/b12-11-. The van der Waals surface area contributed by atoms with Gasteiger partial charge >= 0.3 is 0 Å². The molecule has 0 fully saturated rings. The summed E-state index contributed by atoms with van der Waals surface area (Å²) in [7, 11) is 3.35. The maximum absolute atomic E-state index is 12.1. The first-order chi connectivity index (χ1) is 10.2. The van der Waals surface area contributed by atoms with E-state index < -0.39 is 0 Å². The van der Waals surface area contributed by atoms with Crippen LogP contribution in [0.25, 0.3) is 0 Å². The van der Waals surface area contributed by atoms with Gasteiger partial charge in [-0.15, -0.1) is 0 Å². The van der Waals surface area contributed by atoms with Gasteiger partial charge < -0.3 is 9.64 Å². The average molecular weight is 299 g/mol. The smallest absolute Gasteiger partial charge is 0.251 e. The van der Waals surface area contributed by atoms with Crippen LogP contribution in [0.5, 0.6) is 5.75 Å². The lowest BCUT2D eigenvalue weighted by molar-refractivity contribution is -0.113. The number of methoxy groups -OCH3 is 1. The van der Waals surface area contributed by atoms with Gasteiger partial charge in [0.05, 0.1) is 7.11 Å². The van der Waals surface area contributed by atoms with E-state index in [1.165, 1.54) is 11.8 Å². The van der Waals surface area contributed by atoms with Crippen LogP contribution in [0.1, 0.15) is 0 Å². The highest BCUT2D eigenvalue weighted by Crippen LogP contribution is 2.21. The first kappa shape index (κ1) is 15.2. The number of likely N-dealkylation sites (N-methyl/N-ethyl adjacent to an activating group) is 1. The van der Waals surface area contributed by atoms with Crippen LogP contribution in [0.3, 0.4) is 0 Å². The predicted molar refractivity (Wildman–Crippen MR) is 87.8 cm³/mol. The molecule has 0 heterocycles. The highest BCUT2D eigenvalue weighted by molar-refractivity contribution is 8.02. The lowest BCUT2D eigenvalue weighted by Gasteiger charge is -2.15. The Kier molecular flexibility index (Phi) is 5.46. The fourth-order valence-electron chi connectivity index (χ4n) is 1.73. The number of benzene rings is 2. The van der Waals surface area contributed by atoms with Crippen LogP contribution >= 0.6 is 11.8 Å². The van der Waals surface area contributed by atoms with Gasteiger partial charge in [0.25, 0.3) is 5.91 Å². The van der Waals surface area contributed by atoms with E-state index in [2.05, 4.69) is 0 Å². The molecule has 0 aliphatic rings. The summed E-state index contributed by atoms with van der Waals surface area (Å²) in [4.78, 5) is 14.8. The molecule has 3 nitrogen and oxygen atoms in total. The van der Waals surface area contributed by atoms with Crippen molar-refractivity contribution < 1.29 is 9.53 Å². The second-order valence-corrected chi connectivity index (χ2v) is 5.31. The van der Waals surface area contributed by atoms with Gasteiger partial charge in [0.2, 0.25) is 0 Å². The van der Waals surface area contributed by atoms with Gasteiger partial charge in [-0.3, -0.25) is 4.79 Å². The molecule has 0 saturated heterocycles. The predicted octanol–water partition coefficient (Wildman–Crippen LogP) is 3.96. The van der Waals surface area contributed by atoms with Crippen LogP contribution in [0, 0.1) is 0 Å². The van der Waals surface area contributed by atoms with E-state index in [-0.39, 0.29) is 5.91 Å². The van der Waals surface area contributed by atoms with Gasteiger partial charge in [-0.05, 0) is 29.7 Å². The number of carbonyl (C=O) groups excluding carboxylic acids is 1. The molecule has 4 heteroatoms. The van der Waals surface area contributed by atoms with E-state index >= 15 is 0 Å². The van der Waals surface area contributed by atoms with Crippen molar-refractivity contribution in [1.29, 1.82) is 0 Å². The Morgan fingerprint density at radius 2 is 1.90 bits per heavy atom. The summed E-state index contributed by atoms with van der Waals surface area (Å²) in [5, 5.41) is 1.80. The fraction of sp³-hybridized carbons (Fsp3) is 0.118. The first-order valence-electron chi connectivity index (χ1n) is 6.50. The summed E-state index contributed by atoms with van der Waals surface area (Å²) >= 11 is 1.52. The topological polar surface area (TPSA) is 29.5 Å². The maximum Gasteiger partial charge on any atom is 0.251 e. The van der Waals surface area contributed by atoms with Crippen molar-refractivity contribution in [2.45, 2.75) is 4.90 Å². The quantitative estimate of drug-likeness (QED) is 0.618. The zero-order chi connectivity index (χ0) is 15.1. The minimum atomic E-state index is -0.0771. The van der Waals surface area contributed by atoms with Gasteiger partial charge in [0.1, 0.15) is 5.75 Å². The summed E-state index contributed by atoms with van der Waals surface area (Å²) < 4.78 is 5.16. The minimum absolute atomic E-state index is 0.0771. The van der Waals surface area contributed by atoms with E-state index in [1.54, 1.807) is 30.5 Å². The van der Waals surface area contributed by atoms with Gasteiger partial charge in [-0.1, -0.05) is 36.0 Å². The van der Waals surface area contributed by atoms with Crippen molar-refractivity contribution in [2.24, 2.45) is 0 Å². The van der Waals surface area contributed by atoms with Crippen LogP contribution in [0.4, 0.5) is 5.69 Å². The van der Waals surface area contributed by atoms with E-state index in [0.717, 1.165) is 16.3 Å². The van der Waals surface area contributed by atoms with Crippen LogP contribution in [-0.2, 0) is 4.79 Å². The largest absolute Gasteiger partial charge is 0.497 e. The molecule has 0 bridgehead atoms. The molecule has 2 rings (SSSR count). The van der Waals surface area contributed by atoms with Crippen LogP contribution in [-0.4, -0.2) is 20.1 Å². The minimum Gasteiger partial charge on any atom is -0.497 e. The van der Waals surface area contributed by atoms with E-state index in [4.69, 9.17) is 4.74 Å². The van der Waals surface area contributed by atoms with E-state index in [9.17, 15) is 4.79 Å². The molecule has 0 aliphatic heterocycles. The molecular weight excluding hydrogens is 282 g/mol. The summed E-state index contributed by atoms with van der Waals surface area (Å²) in [5.41, 5.74) is 0.800. The Morgan fingerprint density at radius 3 is 2.62 bits per heavy atom.